The molecule has 206 valence electrons. The fourth-order valence-corrected chi connectivity index (χ4v) is 3.53. The summed E-state index contributed by atoms with van der Waals surface area (Å²) in [7, 11) is 0. The Morgan fingerprint density at radius 2 is 1.32 bits per heavy atom. The summed E-state index contributed by atoms with van der Waals surface area (Å²) >= 11 is 0. The molecule has 10 heteroatoms. The van der Waals surface area contributed by atoms with E-state index in [1.807, 2.05) is 71.9 Å². The number of hydrogen-bond donors (Lipinski definition) is 3. The van der Waals surface area contributed by atoms with E-state index in [1.54, 1.807) is 0 Å². The number of amides is 4. The zero-order chi connectivity index (χ0) is 28.1. The Balaban J connectivity index is 2.96. The molecule has 0 aliphatic heterocycles. The Morgan fingerprint density at radius 3 is 1.81 bits per heavy atom. The van der Waals surface area contributed by atoms with E-state index in [4.69, 9.17) is 4.74 Å². The smallest absolute Gasteiger partial charge is 0.408 e. The predicted octanol–water partition coefficient (Wildman–Crippen LogP) is 2.96. The highest BCUT2D eigenvalue weighted by Gasteiger charge is 2.30. The van der Waals surface area contributed by atoms with Gasteiger partial charge in [-0.1, -0.05) is 71.9 Å². The lowest BCUT2D eigenvalue weighted by Gasteiger charge is -2.29. The summed E-state index contributed by atoms with van der Waals surface area (Å²) in [6.45, 7) is 12.6. The molecule has 0 fully saturated rings. The number of rotatable bonds is 13. The van der Waals surface area contributed by atoms with Crippen LogP contribution >= 0.6 is 0 Å². The van der Waals surface area contributed by atoms with Crippen molar-refractivity contribution in [3.05, 3.63) is 35.9 Å². The summed E-state index contributed by atoms with van der Waals surface area (Å²) in [5.41, 5.74) is 3.30. The number of ketones is 1. The molecule has 0 spiro atoms. The van der Waals surface area contributed by atoms with Crippen LogP contribution < -0.4 is 16.1 Å². The molecule has 0 radical (unpaired) electrons. The van der Waals surface area contributed by atoms with Gasteiger partial charge in [-0.25, -0.2) is 9.80 Å². The minimum Gasteiger partial charge on any atom is -0.445 e. The standard InChI is InChI=1S/C27H42N4O6/c1-17(2)13-22(29-27(36)37-16-21-11-9-8-10-12-21)24(33)28-23(14-18(3)4)25(34)30-31(15-19(5)6)26(35)20(7)32/h8-12,17-19,22-23H,13-16H2,1-7H3,(H,28,33)(H,29,36)(H,30,34). The summed E-state index contributed by atoms with van der Waals surface area (Å²) < 4.78 is 5.26. The molecule has 4 amide bonds. The first-order valence-electron chi connectivity index (χ1n) is 12.7. The third-order valence-electron chi connectivity index (χ3n) is 5.21. The molecule has 1 rings (SSSR count). The molecule has 2 atom stereocenters. The van der Waals surface area contributed by atoms with E-state index >= 15 is 0 Å². The van der Waals surface area contributed by atoms with Crippen molar-refractivity contribution in [2.45, 2.75) is 80.0 Å². The fraction of sp³-hybridized carbons (Fsp3) is 0.593. The second-order valence-electron chi connectivity index (χ2n) is 10.4. The number of nitrogens with one attached hydrogen (secondary N) is 3. The highest BCUT2D eigenvalue weighted by Crippen LogP contribution is 2.10. The van der Waals surface area contributed by atoms with Crippen LogP contribution in [0.2, 0.25) is 0 Å². The molecule has 0 aliphatic rings. The number of hydrazine groups is 1. The third-order valence-corrected chi connectivity index (χ3v) is 5.21. The van der Waals surface area contributed by atoms with Crippen LogP contribution in [0.5, 0.6) is 0 Å². The Kier molecular flexibility index (Phi) is 13.4. The van der Waals surface area contributed by atoms with E-state index < -0.39 is 41.7 Å². The van der Waals surface area contributed by atoms with Crippen LogP contribution in [0.15, 0.2) is 30.3 Å². The van der Waals surface area contributed by atoms with E-state index in [-0.39, 0.29) is 37.3 Å². The molecular weight excluding hydrogens is 476 g/mol. The lowest BCUT2D eigenvalue weighted by atomic mass is 10.0. The molecule has 3 N–H and O–H groups in total. The molecule has 10 nitrogen and oxygen atoms in total. The number of nitrogens with zero attached hydrogens (tertiary/aromatic N) is 1. The fourth-order valence-electron chi connectivity index (χ4n) is 3.53. The SMILES string of the molecule is CC(=O)C(=O)N(CC(C)C)NC(=O)C(CC(C)C)NC(=O)C(CC(C)C)NC(=O)OCc1ccccc1. The van der Waals surface area contributed by atoms with Gasteiger partial charge in [0, 0.05) is 13.5 Å². The third kappa shape index (κ3) is 12.4. The van der Waals surface area contributed by atoms with Gasteiger partial charge in [0.2, 0.25) is 11.7 Å². The van der Waals surface area contributed by atoms with Crippen LogP contribution in [-0.4, -0.2) is 53.2 Å². The second kappa shape index (κ2) is 15.6. The average molecular weight is 519 g/mol. The Morgan fingerprint density at radius 1 is 0.784 bits per heavy atom. The number of benzene rings is 1. The topological polar surface area (TPSA) is 134 Å². The number of carbonyl (C=O) groups excluding carboxylic acids is 5. The van der Waals surface area contributed by atoms with Gasteiger partial charge in [0.05, 0.1) is 0 Å². The first kappa shape index (κ1) is 31.6. The molecule has 0 saturated heterocycles. The molecule has 0 aliphatic carbocycles. The van der Waals surface area contributed by atoms with Crippen LogP contribution in [0.1, 0.15) is 66.9 Å². The number of hydrogen-bond acceptors (Lipinski definition) is 6. The summed E-state index contributed by atoms with van der Waals surface area (Å²) in [6.07, 6.45) is -0.136. The van der Waals surface area contributed by atoms with Crippen LogP contribution in [-0.2, 0) is 30.5 Å². The van der Waals surface area contributed by atoms with Crippen molar-refractivity contribution in [2.75, 3.05) is 6.54 Å². The van der Waals surface area contributed by atoms with Crippen molar-refractivity contribution in [1.82, 2.24) is 21.1 Å². The van der Waals surface area contributed by atoms with Crippen molar-refractivity contribution in [1.29, 1.82) is 0 Å². The highest BCUT2D eigenvalue weighted by atomic mass is 16.5. The number of Topliss-reactive ketones (excluding diaryl/α,β-unsaturated/α-hetero) is 1. The van der Waals surface area contributed by atoms with Gasteiger partial charge in [-0.15, -0.1) is 0 Å². The molecule has 0 bridgehead atoms. The molecule has 37 heavy (non-hydrogen) atoms. The number of ether oxygens (including phenoxy) is 1. The second-order valence-corrected chi connectivity index (χ2v) is 10.4. The molecule has 1 aromatic rings. The van der Waals surface area contributed by atoms with Gasteiger partial charge < -0.3 is 15.4 Å². The Labute approximate surface area is 219 Å². The van der Waals surface area contributed by atoms with Crippen molar-refractivity contribution >= 4 is 29.6 Å². The molecular formula is C27H42N4O6. The van der Waals surface area contributed by atoms with E-state index in [2.05, 4.69) is 16.1 Å². The summed E-state index contributed by atoms with van der Waals surface area (Å²) in [5, 5.41) is 6.30. The van der Waals surface area contributed by atoms with Crippen LogP contribution in [0.3, 0.4) is 0 Å². The maximum atomic E-state index is 13.2. The summed E-state index contributed by atoms with van der Waals surface area (Å²) in [6, 6.07) is 7.24. The summed E-state index contributed by atoms with van der Waals surface area (Å²) in [4.78, 5) is 62.7. The Bertz CT molecular complexity index is 917. The quantitative estimate of drug-likeness (QED) is 0.272. The van der Waals surface area contributed by atoms with Crippen molar-refractivity contribution in [3.63, 3.8) is 0 Å². The van der Waals surface area contributed by atoms with Crippen molar-refractivity contribution in [3.8, 4) is 0 Å². The minimum atomic E-state index is -0.987. The van der Waals surface area contributed by atoms with E-state index in [0.29, 0.717) is 6.42 Å². The number of carbonyl (C=O) groups is 5. The zero-order valence-corrected chi connectivity index (χ0v) is 23.0. The molecule has 0 aromatic heterocycles. The Hall–Kier alpha value is -3.43. The maximum absolute atomic E-state index is 13.2. The lowest BCUT2D eigenvalue weighted by Crippen LogP contribution is -2.58. The van der Waals surface area contributed by atoms with Crippen molar-refractivity contribution < 1.29 is 28.7 Å². The van der Waals surface area contributed by atoms with E-state index in [1.165, 1.54) is 0 Å². The molecule has 2 unspecified atom stereocenters. The van der Waals surface area contributed by atoms with Gasteiger partial charge in [-0.3, -0.25) is 24.6 Å². The zero-order valence-electron chi connectivity index (χ0n) is 23.0. The largest absolute Gasteiger partial charge is 0.445 e. The van der Waals surface area contributed by atoms with Gasteiger partial charge in [-0.2, -0.15) is 0 Å². The van der Waals surface area contributed by atoms with Crippen LogP contribution in [0.25, 0.3) is 0 Å². The molecule has 1 aromatic carbocycles. The van der Waals surface area contributed by atoms with Gasteiger partial charge in [0.15, 0.2) is 0 Å². The monoisotopic (exact) mass is 518 g/mol. The average Bonchev–Trinajstić information content (AvgIpc) is 2.80. The first-order valence-corrected chi connectivity index (χ1v) is 12.7. The van der Waals surface area contributed by atoms with Crippen LogP contribution in [0, 0.1) is 17.8 Å². The van der Waals surface area contributed by atoms with Gasteiger partial charge in [0.1, 0.15) is 18.7 Å². The van der Waals surface area contributed by atoms with Gasteiger partial charge in [0.25, 0.3) is 5.91 Å². The normalized spacial score (nSPS) is 12.6. The lowest BCUT2D eigenvalue weighted by molar-refractivity contribution is -0.150. The van der Waals surface area contributed by atoms with E-state index in [0.717, 1.165) is 17.5 Å². The number of alkyl carbamates (subject to hydrolysis) is 1. The van der Waals surface area contributed by atoms with E-state index in [9.17, 15) is 24.0 Å². The first-order chi connectivity index (χ1) is 17.3. The summed E-state index contributed by atoms with van der Waals surface area (Å²) in [5.74, 6) is -2.62. The van der Waals surface area contributed by atoms with Crippen molar-refractivity contribution in [2.24, 2.45) is 17.8 Å². The van der Waals surface area contributed by atoms with Crippen LogP contribution in [0.4, 0.5) is 4.79 Å². The maximum Gasteiger partial charge on any atom is 0.408 e. The predicted molar refractivity (Wildman–Crippen MR) is 140 cm³/mol. The van der Waals surface area contributed by atoms with Gasteiger partial charge >= 0.3 is 12.0 Å². The molecule has 0 heterocycles. The van der Waals surface area contributed by atoms with Gasteiger partial charge in [-0.05, 0) is 36.2 Å². The minimum absolute atomic E-state index is 0.0109. The molecule has 0 saturated carbocycles. The highest BCUT2D eigenvalue weighted by molar-refractivity contribution is 6.35.